The summed E-state index contributed by atoms with van der Waals surface area (Å²) in [6.45, 7) is 2.40. The van der Waals surface area contributed by atoms with Gasteiger partial charge in [-0.1, -0.05) is 31.2 Å². The second kappa shape index (κ2) is 3.71. The molecule has 3 unspecified atom stereocenters. The van der Waals surface area contributed by atoms with E-state index in [0.29, 0.717) is 5.92 Å². The predicted octanol–water partition coefficient (Wildman–Crippen LogP) is 1.80. The highest BCUT2D eigenvalue weighted by atomic mass is 16.3. The minimum absolute atomic E-state index is 0.00685. The fraction of sp³-hybridized carbons (Fsp3) is 0.500. The Morgan fingerprint density at radius 1 is 1.36 bits per heavy atom. The van der Waals surface area contributed by atoms with Crippen LogP contribution in [-0.2, 0) is 0 Å². The van der Waals surface area contributed by atoms with Crippen molar-refractivity contribution in [1.82, 2.24) is 0 Å². The van der Waals surface area contributed by atoms with E-state index in [2.05, 4.69) is 25.1 Å². The van der Waals surface area contributed by atoms with Gasteiger partial charge in [-0.15, -0.1) is 0 Å². The topological polar surface area (TPSA) is 46.2 Å². The average molecular weight is 191 g/mol. The molecule has 76 valence electrons. The van der Waals surface area contributed by atoms with Crippen LogP contribution >= 0.6 is 0 Å². The first-order valence-electron chi connectivity index (χ1n) is 5.19. The molecule has 0 aliphatic heterocycles. The van der Waals surface area contributed by atoms with E-state index in [1.54, 1.807) is 0 Å². The van der Waals surface area contributed by atoms with E-state index in [4.69, 9.17) is 5.73 Å². The lowest BCUT2D eigenvalue weighted by Gasteiger charge is -2.33. The molecule has 1 aromatic carbocycles. The Morgan fingerprint density at radius 3 is 2.64 bits per heavy atom. The molecule has 2 nitrogen and oxygen atoms in total. The quantitative estimate of drug-likeness (QED) is 0.711. The zero-order chi connectivity index (χ0) is 10.1. The lowest BCUT2D eigenvalue weighted by atomic mass is 9.75. The van der Waals surface area contributed by atoms with Crippen molar-refractivity contribution in [2.24, 2.45) is 11.7 Å². The molecule has 0 amide bonds. The van der Waals surface area contributed by atoms with Crippen LogP contribution in [0.2, 0.25) is 0 Å². The Morgan fingerprint density at radius 2 is 2.00 bits per heavy atom. The highest BCUT2D eigenvalue weighted by Crippen LogP contribution is 2.39. The van der Waals surface area contributed by atoms with E-state index in [9.17, 15) is 5.11 Å². The van der Waals surface area contributed by atoms with E-state index in [1.807, 2.05) is 6.07 Å². The molecule has 2 rings (SSSR count). The van der Waals surface area contributed by atoms with Crippen LogP contribution in [0.15, 0.2) is 24.3 Å². The molecule has 0 saturated carbocycles. The van der Waals surface area contributed by atoms with Crippen LogP contribution in [0.3, 0.4) is 0 Å². The van der Waals surface area contributed by atoms with Gasteiger partial charge in [0, 0.05) is 18.6 Å². The Kier molecular flexibility index (Phi) is 2.57. The minimum atomic E-state index is 0.00685. The molecule has 1 aliphatic rings. The Balaban J connectivity index is 2.41. The number of fused-ring (bicyclic) bond motifs is 1. The van der Waals surface area contributed by atoms with Crippen LogP contribution in [0, 0.1) is 5.92 Å². The van der Waals surface area contributed by atoms with Gasteiger partial charge in [-0.2, -0.15) is 0 Å². The third-order valence-corrected chi connectivity index (χ3v) is 3.28. The maximum absolute atomic E-state index is 9.22. The summed E-state index contributed by atoms with van der Waals surface area (Å²) in [5.74, 6) is 0.739. The highest BCUT2D eigenvalue weighted by molar-refractivity contribution is 5.35. The summed E-state index contributed by atoms with van der Waals surface area (Å²) in [4.78, 5) is 0. The molecule has 2 heteroatoms. The number of aliphatic hydroxyl groups excluding tert-OH is 1. The Bertz CT molecular complexity index is 324. The number of nitrogens with two attached hydrogens (primary N) is 1. The molecule has 0 saturated heterocycles. The highest BCUT2D eigenvalue weighted by Gasteiger charge is 2.29. The van der Waals surface area contributed by atoms with Crippen molar-refractivity contribution in [3.05, 3.63) is 35.4 Å². The molecule has 0 spiro atoms. The van der Waals surface area contributed by atoms with Gasteiger partial charge in [-0.05, 0) is 23.5 Å². The first-order valence-corrected chi connectivity index (χ1v) is 5.19. The third-order valence-electron chi connectivity index (χ3n) is 3.28. The average Bonchev–Trinajstić information content (AvgIpc) is 2.23. The van der Waals surface area contributed by atoms with Gasteiger partial charge < -0.3 is 10.8 Å². The van der Waals surface area contributed by atoms with Crippen molar-refractivity contribution in [1.29, 1.82) is 0 Å². The first kappa shape index (κ1) is 9.69. The van der Waals surface area contributed by atoms with Crippen molar-refractivity contribution in [3.63, 3.8) is 0 Å². The molecular weight excluding hydrogens is 174 g/mol. The molecule has 1 aromatic rings. The van der Waals surface area contributed by atoms with Gasteiger partial charge in [-0.3, -0.25) is 0 Å². The lowest BCUT2D eigenvalue weighted by molar-refractivity contribution is 0.182. The number of rotatable bonds is 1. The van der Waals surface area contributed by atoms with Crippen LogP contribution in [-0.4, -0.2) is 11.7 Å². The number of hydrogen-bond donors (Lipinski definition) is 2. The van der Waals surface area contributed by atoms with E-state index in [1.165, 1.54) is 11.1 Å². The van der Waals surface area contributed by atoms with E-state index in [0.717, 1.165) is 6.42 Å². The molecule has 0 heterocycles. The summed E-state index contributed by atoms with van der Waals surface area (Å²) in [5, 5.41) is 9.22. The summed E-state index contributed by atoms with van der Waals surface area (Å²) in [7, 11) is 0. The van der Waals surface area contributed by atoms with Crippen LogP contribution in [0.1, 0.15) is 36.4 Å². The second-order valence-corrected chi connectivity index (χ2v) is 4.23. The summed E-state index contributed by atoms with van der Waals surface area (Å²) in [5.41, 5.74) is 8.67. The first-order chi connectivity index (χ1) is 6.74. The largest absolute Gasteiger partial charge is 0.396 e. The Hall–Kier alpha value is -0.860. The lowest BCUT2D eigenvalue weighted by Crippen LogP contribution is -2.30. The van der Waals surface area contributed by atoms with Gasteiger partial charge in [0.2, 0.25) is 0 Å². The maximum atomic E-state index is 9.22. The van der Waals surface area contributed by atoms with Crippen LogP contribution in [0.4, 0.5) is 0 Å². The number of hydrogen-bond acceptors (Lipinski definition) is 2. The summed E-state index contributed by atoms with van der Waals surface area (Å²) < 4.78 is 0. The number of aliphatic hydroxyl groups is 1. The van der Waals surface area contributed by atoms with Crippen LogP contribution in [0.5, 0.6) is 0 Å². The summed E-state index contributed by atoms with van der Waals surface area (Å²) in [6, 6.07) is 8.31. The maximum Gasteiger partial charge on any atom is 0.0477 e. The monoisotopic (exact) mass is 191 g/mol. The van der Waals surface area contributed by atoms with E-state index < -0.39 is 0 Å². The molecule has 0 aromatic heterocycles. The number of benzene rings is 1. The van der Waals surface area contributed by atoms with Gasteiger partial charge in [0.15, 0.2) is 0 Å². The molecule has 14 heavy (non-hydrogen) atoms. The van der Waals surface area contributed by atoms with Crippen molar-refractivity contribution in [2.45, 2.75) is 25.3 Å². The van der Waals surface area contributed by atoms with E-state index >= 15 is 0 Å². The second-order valence-electron chi connectivity index (χ2n) is 4.23. The molecule has 1 aliphatic carbocycles. The van der Waals surface area contributed by atoms with Crippen LogP contribution in [0.25, 0.3) is 0 Å². The van der Waals surface area contributed by atoms with Gasteiger partial charge in [-0.25, -0.2) is 0 Å². The molecule has 3 atom stereocenters. The molecule has 0 fully saturated rings. The van der Waals surface area contributed by atoms with Gasteiger partial charge in [0.05, 0.1) is 0 Å². The van der Waals surface area contributed by atoms with Crippen LogP contribution < -0.4 is 5.73 Å². The van der Waals surface area contributed by atoms with Crippen molar-refractivity contribution in [2.75, 3.05) is 6.61 Å². The van der Waals surface area contributed by atoms with Gasteiger partial charge in [0.25, 0.3) is 0 Å². The van der Waals surface area contributed by atoms with E-state index in [-0.39, 0.29) is 18.6 Å². The van der Waals surface area contributed by atoms with Crippen molar-refractivity contribution in [3.8, 4) is 0 Å². The zero-order valence-corrected chi connectivity index (χ0v) is 8.48. The summed E-state index contributed by atoms with van der Waals surface area (Å²) >= 11 is 0. The predicted molar refractivity (Wildman–Crippen MR) is 57.0 cm³/mol. The fourth-order valence-corrected chi connectivity index (χ4v) is 2.43. The molecule has 0 bridgehead atoms. The zero-order valence-electron chi connectivity index (χ0n) is 8.48. The normalized spacial score (nSPS) is 31.2. The van der Waals surface area contributed by atoms with Gasteiger partial charge in [0.1, 0.15) is 0 Å². The molecule has 3 N–H and O–H groups in total. The third kappa shape index (κ3) is 1.45. The molecule has 0 radical (unpaired) electrons. The summed E-state index contributed by atoms with van der Waals surface area (Å²) in [6.07, 6.45) is 0.995. The van der Waals surface area contributed by atoms with Crippen molar-refractivity contribution >= 4 is 0 Å². The minimum Gasteiger partial charge on any atom is -0.396 e. The van der Waals surface area contributed by atoms with Crippen molar-refractivity contribution < 1.29 is 5.11 Å². The standard InChI is InChI=1S/C12H17NO/c1-8-6-9(7-14)12(13)11-5-3-2-4-10(8)11/h2-5,8-9,12,14H,6-7,13H2,1H3. The Labute approximate surface area is 84.7 Å². The van der Waals surface area contributed by atoms with Gasteiger partial charge >= 0.3 is 0 Å². The smallest absolute Gasteiger partial charge is 0.0477 e. The molecular formula is C12H17NO. The fourth-order valence-electron chi connectivity index (χ4n) is 2.43. The SMILES string of the molecule is CC1CC(CO)C(N)c2ccccc21.